The summed E-state index contributed by atoms with van der Waals surface area (Å²) < 4.78 is 4.41. The normalized spacial score (nSPS) is 11.0. The van der Waals surface area contributed by atoms with Crippen molar-refractivity contribution in [3.63, 3.8) is 0 Å². The number of hydrogen-bond acceptors (Lipinski definition) is 6. The fourth-order valence-corrected chi connectivity index (χ4v) is 3.90. The maximum absolute atomic E-state index is 11.1. The first-order chi connectivity index (χ1) is 14.0. The Hall–Kier alpha value is -2.98. The van der Waals surface area contributed by atoms with E-state index in [-0.39, 0.29) is 5.75 Å². The van der Waals surface area contributed by atoms with E-state index in [4.69, 9.17) is 5.11 Å². The quantitative estimate of drug-likeness (QED) is 0.428. The van der Waals surface area contributed by atoms with Gasteiger partial charge in [-0.15, -0.1) is 15.3 Å². The van der Waals surface area contributed by atoms with Crippen LogP contribution in [0.25, 0.3) is 22.9 Å². The maximum atomic E-state index is 11.1. The molecule has 0 aliphatic carbocycles. The molecule has 0 spiro atoms. The number of rotatable bonds is 6. The van der Waals surface area contributed by atoms with Crippen molar-refractivity contribution < 1.29 is 9.90 Å². The molecule has 0 saturated heterocycles. The van der Waals surface area contributed by atoms with E-state index in [0.29, 0.717) is 16.7 Å². The Bertz CT molecular complexity index is 1170. The molecule has 4 aromatic rings. The molecule has 1 N–H and O–H groups in total. The van der Waals surface area contributed by atoms with E-state index < -0.39 is 5.97 Å². The number of thioether (sulfide) groups is 1. The van der Waals surface area contributed by atoms with Crippen molar-refractivity contribution in [2.75, 3.05) is 5.75 Å². The Morgan fingerprint density at radius 2 is 1.83 bits per heavy atom. The third-order valence-corrected chi connectivity index (χ3v) is 5.54. The molecular formula is C19H15BrN6O2S. The van der Waals surface area contributed by atoms with Crippen molar-refractivity contribution in [2.45, 2.75) is 12.1 Å². The van der Waals surface area contributed by atoms with Gasteiger partial charge in [0.05, 0.1) is 22.8 Å². The van der Waals surface area contributed by atoms with Crippen LogP contribution in [0.5, 0.6) is 0 Å². The summed E-state index contributed by atoms with van der Waals surface area (Å²) in [5.41, 5.74) is 3.05. The van der Waals surface area contributed by atoms with E-state index in [1.54, 1.807) is 9.25 Å². The Labute approximate surface area is 178 Å². The van der Waals surface area contributed by atoms with Gasteiger partial charge in [-0.2, -0.15) is 0 Å². The van der Waals surface area contributed by atoms with Crippen molar-refractivity contribution in [3.05, 3.63) is 64.8 Å². The van der Waals surface area contributed by atoms with Gasteiger partial charge in [0, 0.05) is 4.47 Å². The molecule has 0 unspecified atom stereocenters. The highest BCUT2D eigenvalue weighted by Crippen LogP contribution is 2.30. The summed E-state index contributed by atoms with van der Waals surface area (Å²) in [6.45, 7) is 1.91. The minimum absolute atomic E-state index is 0.123. The number of carboxylic acids is 1. The summed E-state index contributed by atoms with van der Waals surface area (Å²) in [6.07, 6.45) is 0. The molecule has 0 atom stereocenters. The van der Waals surface area contributed by atoms with Gasteiger partial charge in [-0.05, 0) is 37.3 Å². The second kappa shape index (κ2) is 8.18. The maximum Gasteiger partial charge on any atom is 0.313 e. The van der Waals surface area contributed by atoms with Gasteiger partial charge in [0.15, 0.2) is 16.7 Å². The van der Waals surface area contributed by atoms with E-state index >= 15 is 0 Å². The van der Waals surface area contributed by atoms with Crippen LogP contribution in [0, 0.1) is 6.92 Å². The number of aromatic nitrogens is 6. The van der Waals surface area contributed by atoms with Crippen molar-refractivity contribution in [1.82, 2.24) is 29.8 Å². The Balaban J connectivity index is 1.84. The summed E-state index contributed by atoms with van der Waals surface area (Å²) in [5, 5.41) is 26.7. The fraction of sp³-hybridized carbons (Fsp3) is 0.105. The lowest BCUT2D eigenvalue weighted by Crippen LogP contribution is -2.04. The second-order valence-corrected chi connectivity index (χ2v) is 7.93. The summed E-state index contributed by atoms with van der Waals surface area (Å²) in [5.74, 6) is -0.552. The summed E-state index contributed by atoms with van der Waals surface area (Å²) in [6, 6.07) is 17.3. The largest absolute Gasteiger partial charge is 0.481 e. The molecule has 0 aliphatic heterocycles. The molecule has 8 nitrogen and oxygen atoms in total. The van der Waals surface area contributed by atoms with Gasteiger partial charge < -0.3 is 5.11 Å². The third-order valence-electron chi connectivity index (χ3n) is 4.13. The fourth-order valence-electron chi connectivity index (χ4n) is 2.84. The van der Waals surface area contributed by atoms with Gasteiger partial charge >= 0.3 is 5.97 Å². The van der Waals surface area contributed by atoms with Gasteiger partial charge in [-0.1, -0.05) is 57.2 Å². The van der Waals surface area contributed by atoms with Crippen molar-refractivity contribution >= 4 is 33.7 Å². The van der Waals surface area contributed by atoms with Gasteiger partial charge in [-0.3, -0.25) is 9.36 Å². The number of nitrogens with zero attached hydrogens (tertiary/aromatic N) is 6. The zero-order valence-electron chi connectivity index (χ0n) is 15.2. The zero-order valence-corrected chi connectivity index (χ0v) is 17.6. The van der Waals surface area contributed by atoms with Crippen LogP contribution in [-0.2, 0) is 4.79 Å². The van der Waals surface area contributed by atoms with E-state index in [9.17, 15) is 4.79 Å². The highest BCUT2D eigenvalue weighted by Gasteiger charge is 2.22. The van der Waals surface area contributed by atoms with Crippen molar-refractivity contribution in [3.8, 4) is 22.9 Å². The van der Waals surface area contributed by atoms with E-state index in [2.05, 4.69) is 36.4 Å². The molecule has 29 heavy (non-hydrogen) atoms. The molecular weight excluding hydrogens is 456 g/mol. The van der Waals surface area contributed by atoms with Crippen molar-refractivity contribution in [1.29, 1.82) is 0 Å². The summed E-state index contributed by atoms with van der Waals surface area (Å²) >= 11 is 4.58. The van der Waals surface area contributed by atoms with Gasteiger partial charge in [0.25, 0.3) is 0 Å². The van der Waals surface area contributed by atoms with Crippen LogP contribution in [-0.4, -0.2) is 46.6 Å². The van der Waals surface area contributed by atoms with Crippen LogP contribution in [0.3, 0.4) is 0 Å². The first-order valence-electron chi connectivity index (χ1n) is 8.58. The predicted molar refractivity (Wildman–Crippen MR) is 113 cm³/mol. The van der Waals surface area contributed by atoms with E-state index in [1.807, 2.05) is 61.5 Å². The standard InChI is InChI=1S/C19H15BrN6O2S/c1-12-17(21-24-26(12)14-7-3-2-4-8-14)18-22-23-19(29-11-16(27)28)25(18)15-9-5-6-13(20)10-15/h2-10H,11H2,1H3,(H,27,28). The minimum atomic E-state index is -0.924. The van der Waals surface area contributed by atoms with Crippen LogP contribution < -0.4 is 0 Å². The SMILES string of the molecule is Cc1c(-c2nnc(SCC(=O)O)n2-c2cccc(Br)c2)nnn1-c1ccccc1. The molecule has 146 valence electrons. The molecule has 0 saturated carbocycles. The number of carboxylic acid groups (broad SMARTS) is 1. The molecule has 2 heterocycles. The monoisotopic (exact) mass is 470 g/mol. The van der Waals surface area contributed by atoms with Crippen LogP contribution in [0.4, 0.5) is 0 Å². The number of halogens is 1. The zero-order chi connectivity index (χ0) is 20.4. The van der Waals surface area contributed by atoms with Crippen LogP contribution >= 0.6 is 27.7 Å². The molecule has 0 radical (unpaired) electrons. The first kappa shape index (κ1) is 19.3. The average molecular weight is 471 g/mol. The van der Waals surface area contributed by atoms with Gasteiger partial charge in [0.2, 0.25) is 0 Å². The van der Waals surface area contributed by atoms with Gasteiger partial charge in [0.1, 0.15) is 0 Å². The lowest BCUT2D eigenvalue weighted by atomic mass is 10.2. The van der Waals surface area contributed by atoms with Crippen molar-refractivity contribution in [2.24, 2.45) is 0 Å². The number of hydrogen-bond donors (Lipinski definition) is 1. The predicted octanol–water partition coefficient (Wildman–Crippen LogP) is 3.76. The highest BCUT2D eigenvalue weighted by atomic mass is 79.9. The molecule has 0 fully saturated rings. The molecule has 0 aliphatic rings. The molecule has 0 amide bonds. The molecule has 2 aromatic heterocycles. The average Bonchev–Trinajstić information content (AvgIpc) is 3.30. The molecule has 2 aromatic carbocycles. The Kier molecular flexibility index (Phi) is 5.45. The minimum Gasteiger partial charge on any atom is -0.481 e. The number of para-hydroxylation sites is 1. The number of aliphatic carboxylic acids is 1. The van der Waals surface area contributed by atoms with E-state index in [1.165, 1.54) is 0 Å². The van der Waals surface area contributed by atoms with Gasteiger partial charge in [-0.25, -0.2) is 4.68 Å². The first-order valence-corrected chi connectivity index (χ1v) is 10.4. The van der Waals surface area contributed by atoms with Crippen LogP contribution in [0.2, 0.25) is 0 Å². The Morgan fingerprint density at radius 1 is 1.07 bits per heavy atom. The smallest absolute Gasteiger partial charge is 0.313 e. The van der Waals surface area contributed by atoms with Crippen LogP contribution in [0.15, 0.2) is 64.2 Å². The second-order valence-electron chi connectivity index (χ2n) is 6.07. The lowest BCUT2D eigenvalue weighted by Gasteiger charge is -2.09. The number of carbonyl (C=O) groups is 1. The third kappa shape index (κ3) is 3.94. The number of benzene rings is 2. The lowest BCUT2D eigenvalue weighted by molar-refractivity contribution is -0.133. The summed E-state index contributed by atoms with van der Waals surface area (Å²) in [4.78, 5) is 11.1. The molecule has 10 heteroatoms. The summed E-state index contributed by atoms with van der Waals surface area (Å²) in [7, 11) is 0. The molecule has 0 bridgehead atoms. The molecule has 4 rings (SSSR count). The highest BCUT2D eigenvalue weighted by molar-refractivity contribution is 9.10. The van der Waals surface area contributed by atoms with E-state index in [0.717, 1.165) is 33.3 Å². The Morgan fingerprint density at radius 3 is 2.55 bits per heavy atom. The topological polar surface area (TPSA) is 98.7 Å². The van der Waals surface area contributed by atoms with Crippen LogP contribution in [0.1, 0.15) is 5.69 Å².